The minimum absolute atomic E-state index is 0.933. The Hall–Kier alpha value is -1.61. The van der Waals surface area contributed by atoms with Crippen molar-refractivity contribution in [1.82, 2.24) is 0 Å². The molecule has 0 unspecified atom stereocenters. The lowest BCUT2D eigenvalue weighted by Gasteiger charge is -2.03. The van der Waals surface area contributed by atoms with Crippen LogP contribution in [0.1, 0.15) is 17.4 Å². The van der Waals surface area contributed by atoms with E-state index in [9.17, 15) is 0 Å². The average molecular weight is 232 g/mol. The maximum absolute atomic E-state index is 7.31. The third-order valence-corrected chi connectivity index (χ3v) is 2.93. The van der Waals surface area contributed by atoms with Crippen LogP contribution in [0.2, 0.25) is 0 Å². The van der Waals surface area contributed by atoms with Gasteiger partial charge in [-0.1, -0.05) is 24.8 Å². The summed E-state index contributed by atoms with van der Waals surface area (Å²) in [6.07, 6.45) is 8.90. The molecule has 2 nitrogen and oxygen atoms in total. The number of hydrogen-bond acceptors (Lipinski definition) is 3. The lowest BCUT2D eigenvalue weighted by molar-refractivity contribution is 1.40. The molecule has 1 aromatic heterocycles. The smallest absolute Gasteiger partial charge is 0.102 e. The van der Waals surface area contributed by atoms with Gasteiger partial charge in [0.15, 0.2) is 0 Å². The molecule has 1 heterocycles. The molecule has 0 bridgehead atoms. The molecule has 2 N–H and O–H groups in total. The Labute approximate surface area is 101 Å². The summed E-state index contributed by atoms with van der Waals surface area (Å²) in [5.41, 5.74) is 1.98. The van der Waals surface area contributed by atoms with Crippen molar-refractivity contribution in [3.05, 3.63) is 53.1 Å². The van der Waals surface area contributed by atoms with Crippen LogP contribution < -0.4 is 5.32 Å². The van der Waals surface area contributed by atoms with Gasteiger partial charge in [-0.15, -0.1) is 11.3 Å². The summed E-state index contributed by atoms with van der Waals surface area (Å²) in [4.78, 5) is 1.20. The van der Waals surface area contributed by atoms with E-state index in [1.807, 2.05) is 38.1 Å². The minimum atomic E-state index is 0.933. The fourth-order valence-corrected chi connectivity index (χ4v) is 2.19. The SMILES string of the molecule is C=C/C=C\C=C(/C)Nc1sc(C)cc1C=N. The zero-order chi connectivity index (χ0) is 12.0. The van der Waals surface area contributed by atoms with Gasteiger partial charge in [0.05, 0.1) is 0 Å². The lowest BCUT2D eigenvalue weighted by atomic mass is 10.3. The predicted molar refractivity (Wildman–Crippen MR) is 73.7 cm³/mol. The van der Waals surface area contributed by atoms with E-state index in [-0.39, 0.29) is 0 Å². The highest BCUT2D eigenvalue weighted by molar-refractivity contribution is 7.16. The molecule has 0 aliphatic heterocycles. The third kappa shape index (κ3) is 3.51. The van der Waals surface area contributed by atoms with Gasteiger partial charge in [-0.2, -0.15) is 0 Å². The van der Waals surface area contributed by atoms with Crippen LogP contribution in [0.5, 0.6) is 0 Å². The molecular formula is C13H16N2S. The summed E-state index contributed by atoms with van der Waals surface area (Å²) in [6.45, 7) is 7.65. The van der Waals surface area contributed by atoms with Gasteiger partial charge in [-0.25, -0.2) is 0 Å². The molecular weight excluding hydrogens is 216 g/mol. The second-order valence-electron chi connectivity index (χ2n) is 3.38. The number of nitrogens with one attached hydrogen (secondary N) is 2. The summed E-state index contributed by atoms with van der Waals surface area (Å²) >= 11 is 1.66. The van der Waals surface area contributed by atoms with Gasteiger partial charge in [0.25, 0.3) is 0 Å². The number of thiophene rings is 1. The Balaban J connectivity index is 2.79. The normalized spacial score (nSPS) is 11.8. The number of allylic oxidation sites excluding steroid dienone is 5. The highest BCUT2D eigenvalue weighted by Gasteiger charge is 2.03. The van der Waals surface area contributed by atoms with Gasteiger partial charge in [0, 0.05) is 22.4 Å². The maximum atomic E-state index is 7.31. The number of aryl methyl sites for hydroxylation is 1. The van der Waals surface area contributed by atoms with Gasteiger partial charge < -0.3 is 10.7 Å². The molecule has 0 atom stereocenters. The van der Waals surface area contributed by atoms with Crippen LogP contribution >= 0.6 is 11.3 Å². The molecule has 1 aromatic rings. The van der Waals surface area contributed by atoms with Crippen molar-refractivity contribution >= 4 is 22.6 Å². The molecule has 0 aliphatic rings. The van der Waals surface area contributed by atoms with Crippen LogP contribution in [0.4, 0.5) is 5.00 Å². The molecule has 0 saturated heterocycles. The first-order valence-corrected chi connectivity index (χ1v) is 5.83. The van der Waals surface area contributed by atoms with E-state index in [1.165, 1.54) is 11.1 Å². The summed E-state index contributed by atoms with van der Waals surface area (Å²) in [6, 6.07) is 2.01. The maximum Gasteiger partial charge on any atom is 0.102 e. The quantitative estimate of drug-likeness (QED) is 0.581. The van der Waals surface area contributed by atoms with E-state index < -0.39 is 0 Å². The molecule has 3 heteroatoms. The second-order valence-corrected chi connectivity index (χ2v) is 4.64. The Morgan fingerprint density at radius 1 is 1.50 bits per heavy atom. The first kappa shape index (κ1) is 12.5. The third-order valence-electron chi connectivity index (χ3n) is 1.94. The van der Waals surface area contributed by atoms with Gasteiger partial charge in [-0.05, 0) is 26.0 Å². The van der Waals surface area contributed by atoms with E-state index in [1.54, 1.807) is 17.4 Å². The van der Waals surface area contributed by atoms with E-state index >= 15 is 0 Å². The van der Waals surface area contributed by atoms with E-state index in [2.05, 4.69) is 11.9 Å². The first-order valence-electron chi connectivity index (χ1n) is 5.01. The molecule has 0 radical (unpaired) electrons. The predicted octanol–water partition coefficient (Wildman–Crippen LogP) is 4.11. The van der Waals surface area contributed by atoms with Crippen LogP contribution in [0.15, 0.2) is 42.6 Å². The van der Waals surface area contributed by atoms with Crippen LogP contribution in [-0.4, -0.2) is 6.21 Å². The molecule has 0 aliphatic carbocycles. The van der Waals surface area contributed by atoms with Crippen LogP contribution in [0.3, 0.4) is 0 Å². The monoisotopic (exact) mass is 232 g/mol. The summed E-state index contributed by atoms with van der Waals surface area (Å²) < 4.78 is 0. The Kier molecular flexibility index (Phi) is 4.73. The molecule has 0 spiro atoms. The summed E-state index contributed by atoms with van der Waals surface area (Å²) in [7, 11) is 0. The highest BCUT2D eigenvalue weighted by Crippen LogP contribution is 2.27. The van der Waals surface area contributed by atoms with Crippen molar-refractivity contribution in [3.8, 4) is 0 Å². The molecule has 0 aromatic carbocycles. The molecule has 16 heavy (non-hydrogen) atoms. The Morgan fingerprint density at radius 3 is 2.88 bits per heavy atom. The van der Waals surface area contributed by atoms with Gasteiger partial charge in [0.2, 0.25) is 0 Å². The summed E-state index contributed by atoms with van der Waals surface area (Å²) in [5, 5.41) is 11.6. The Bertz CT molecular complexity index is 439. The highest BCUT2D eigenvalue weighted by atomic mass is 32.1. The van der Waals surface area contributed by atoms with E-state index in [0.717, 1.165) is 16.3 Å². The zero-order valence-electron chi connectivity index (χ0n) is 9.58. The molecule has 0 fully saturated rings. The second kappa shape index (κ2) is 6.08. The van der Waals surface area contributed by atoms with Crippen LogP contribution in [-0.2, 0) is 0 Å². The molecule has 0 saturated carbocycles. The lowest BCUT2D eigenvalue weighted by Crippen LogP contribution is -1.95. The summed E-state index contributed by atoms with van der Waals surface area (Å²) in [5.74, 6) is 0. The van der Waals surface area contributed by atoms with Crippen molar-refractivity contribution in [3.63, 3.8) is 0 Å². The van der Waals surface area contributed by atoms with E-state index in [4.69, 9.17) is 5.41 Å². The fraction of sp³-hybridized carbons (Fsp3) is 0.154. The van der Waals surface area contributed by atoms with Crippen LogP contribution in [0.25, 0.3) is 0 Å². The topological polar surface area (TPSA) is 35.9 Å². The standard InChI is InChI=1S/C13H16N2S/c1-4-5-6-7-10(2)15-13-12(9-14)8-11(3)16-13/h4-9,14-15H,1H2,2-3H3/b6-5-,10-7+,14-9?. The van der Waals surface area contributed by atoms with E-state index in [0.29, 0.717) is 0 Å². The van der Waals surface area contributed by atoms with Gasteiger partial charge in [-0.3, -0.25) is 0 Å². The largest absolute Gasteiger partial charge is 0.350 e. The fourth-order valence-electron chi connectivity index (χ4n) is 1.24. The van der Waals surface area contributed by atoms with Crippen molar-refractivity contribution in [1.29, 1.82) is 5.41 Å². The number of hydrogen-bond donors (Lipinski definition) is 2. The minimum Gasteiger partial charge on any atom is -0.350 e. The molecule has 0 amide bonds. The Morgan fingerprint density at radius 2 is 2.25 bits per heavy atom. The molecule has 84 valence electrons. The first-order chi connectivity index (χ1) is 7.67. The number of rotatable bonds is 5. The van der Waals surface area contributed by atoms with Gasteiger partial charge >= 0.3 is 0 Å². The average Bonchev–Trinajstić information content (AvgIpc) is 2.59. The zero-order valence-corrected chi connectivity index (χ0v) is 10.4. The van der Waals surface area contributed by atoms with Crippen molar-refractivity contribution in [2.75, 3.05) is 5.32 Å². The van der Waals surface area contributed by atoms with Crippen molar-refractivity contribution in [2.24, 2.45) is 0 Å². The number of anilines is 1. The van der Waals surface area contributed by atoms with Crippen molar-refractivity contribution < 1.29 is 0 Å². The molecule has 1 rings (SSSR count). The van der Waals surface area contributed by atoms with Crippen LogP contribution in [0, 0.1) is 12.3 Å². The van der Waals surface area contributed by atoms with Gasteiger partial charge in [0.1, 0.15) is 5.00 Å². The van der Waals surface area contributed by atoms with Crippen molar-refractivity contribution in [2.45, 2.75) is 13.8 Å².